The molecule has 0 heterocycles. The van der Waals surface area contributed by atoms with Crippen molar-refractivity contribution in [2.45, 2.75) is 20.3 Å². The molecular formula is C10H12ClF. The molecule has 0 amide bonds. The number of benzene rings is 1. The second-order valence-electron chi connectivity index (χ2n) is 3.31. The molecule has 0 N–H and O–H groups in total. The van der Waals surface area contributed by atoms with E-state index in [1.165, 1.54) is 0 Å². The minimum Gasteiger partial charge on any atom is -0.205 e. The van der Waals surface area contributed by atoms with E-state index in [1.807, 2.05) is 0 Å². The van der Waals surface area contributed by atoms with Gasteiger partial charge < -0.3 is 0 Å². The second kappa shape index (κ2) is 3.90. The molecule has 0 fully saturated rings. The molecule has 1 aromatic carbocycles. The molecule has 0 radical (unpaired) electrons. The Labute approximate surface area is 77.4 Å². The van der Waals surface area contributed by atoms with Crippen LogP contribution < -0.4 is 0 Å². The summed E-state index contributed by atoms with van der Waals surface area (Å²) in [5.74, 6) is 0.186. The van der Waals surface area contributed by atoms with Gasteiger partial charge in [0, 0.05) is 0 Å². The molecule has 0 aliphatic heterocycles. The van der Waals surface area contributed by atoms with E-state index >= 15 is 0 Å². The van der Waals surface area contributed by atoms with Gasteiger partial charge in [-0.25, -0.2) is 4.39 Å². The zero-order valence-electron chi connectivity index (χ0n) is 7.27. The number of hydrogen-bond acceptors (Lipinski definition) is 0. The zero-order valence-corrected chi connectivity index (χ0v) is 8.03. The van der Waals surface area contributed by atoms with Crippen molar-refractivity contribution in [3.63, 3.8) is 0 Å². The average Bonchev–Trinajstić information content (AvgIpc) is 1.98. The molecule has 66 valence electrons. The maximum absolute atomic E-state index is 13.2. The molecule has 1 rings (SSSR count). The molecule has 1 aromatic rings. The van der Waals surface area contributed by atoms with E-state index in [9.17, 15) is 4.39 Å². The minimum atomic E-state index is -0.270. The van der Waals surface area contributed by atoms with Gasteiger partial charge in [-0.05, 0) is 24.0 Å². The normalized spacial score (nSPS) is 10.8. The van der Waals surface area contributed by atoms with Gasteiger partial charge >= 0.3 is 0 Å². The lowest BCUT2D eigenvalue weighted by Gasteiger charge is -2.06. The molecule has 0 bridgehead atoms. The fourth-order valence-electron chi connectivity index (χ4n) is 1.15. The van der Waals surface area contributed by atoms with E-state index in [0.29, 0.717) is 11.5 Å². The van der Waals surface area contributed by atoms with Crippen LogP contribution in [0, 0.1) is 11.7 Å². The van der Waals surface area contributed by atoms with Crippen molar-refractivity contribution in [3.05, 3.63) is 34.6 Å². The minimum absolute atomic E-state index is 0.216. The van der Waals surface area contributed by atoms with Gasteiger partial charge in [-0.1, -0.05) is 37.6 Å². The molecule has 0 nitrogen and oxygen atoms in total. The van der Waals surface area contributed by atoms with Gasteiger partial charge in [0.25, 0.3) is 0 Å². The molecule has 0 aromatic heterocycles. The van der Waals surface area contributed by atoms with Crippen LogP contribution in [0.3, 0.4) is 0 Å². The Bertz CT molecular complexity index is 269. The topological polar surface area (TPSA) is 0 Å². The van der Waals surface area contributed by atoms with Gasteiger partial charge in [0.05, 0.1) is 5.02 Å². The van der Waals surface area contributed by atoms with Crippen LogP contribution in [0.5, 0.6) is 0 Å². The third-order valence-electron chi connectivity index (χ3n) is 1.66. The monoisotopic (exact) mass is 186 g/mol. The lowest BCUT2D eigenvalue weighted by molar-refractivity contribution is 0.574. The third kappa shape index (κ3) is 2.21. The predicted molar refractivity (Wildman–Crippen MR) is 50.0 cm³/mol. The first-order valence-corrected chi connectivity index (χ1v) is 4.42. The second-order valence-corrected chi connectivity index (χ2v) is 3.72. The Balaban J connectivity index is 2.92. The fraction of sp³-hybridized carbons (Fsp3) is 0.400. The van der Waals surface area contributed by atoms with Crippen molar-refractivity contribution >= 4 is 11.6 Å². The molecule has 2 heteroatoms. The van der Waals surface area contributed by atoms with E-state index in [1.54, 1.807) is 18.2 Å². The summed E-state index contributed by atoms with van der Waals surface area (Å²) < 4.78 is 13.2. The summed E-state index contributed by atoms with van der Waals surface area (Å²) in [4.78, 5) is 0. The Morgan fingerprint density at radius 1 is 1.42 bits per heavy atom. The van der Waals surface area contributed by atoms with Crippen LogP contribution in [0.2, 0.25) is 5.02 Å². The molecule has 12 heavy (non-hydrogen) atoms. The van der Waals surface area contributed by atoms with Gasteiger partial charge in [0.15, 0.2) is 0 Å². The Hall–Kier alpha value is -0.560. The van der Waals surface area contributed by atoms with Gasteiger partial charge in [-0.2, -0.15) is 0 Å². The molecular weight excluding hydrogens is 175 g/mol. The summed E-state index contributed by atoms with van der Waals surface area (Å²) in [6.07, 6.45) is 0.742. The van der Waals surface area contributed by atoms with Gasteiger partial charge in [0.2, 0.25) is 0 Å². The van der Waals surface area contributed by atoms with Crippen molar-refractivity contribution in [2.24, 2.45) is 5.92 Å². The fourth-order valence-corrected chi connectivity index (χ4v) is 1.34. The highest BCUT2D eigenvalue weighted by atomic mass is 35.5. The van der Waals surface area contributed by atoms with Crippen molar-refractivity contribution in [3.8, 4) is 0 Å². The lowest BCUT2D eigenvalue weighted by Crippen LogP contribution is -1.97. The molecule has 0 aliphatic carbocycles. The van der Waals surface area contributed by atoms with Crippen LogP contribution >= 0.6 is 11.6 Å². The Morgan fingerprint density at radius 2 is 2.08 bits per heavy atom. The largest absolute Gasteiger partial charge is 0.205 e. The number of halogens is 2. The summed E-state index contributed by atoms with van der Waals surface area (Å²) in [6, 6.07) is 5.13. The van der Waals surface area contributed by atoms with Crippen LogP contribution in [-0.4, -0.2) is 0 Å². The van der Waals surface area contributed by atoms with Gasteiger partial charge in [0.1, 0.15) is 5.82 Å². The van der Waals surface area contributed by atoms with E-state index in [-0.39, 0.29) is 10.8 Å². The Morgan fingerprint density at radius 3 is 2.67 bits per heavy atom. The summed E-state index contributed by atoms with van der Waals surface area (Å²) in [5.41, 5.74) is 0.706. The summed E-state index contributed by atoms with van der Waals surface area (Å²) >= 11 is 5.62. The highest BCUT2D eigenvalue weighted by molar-refractivity contribution is 6.30. The zero-order chi connectivity index (χ0) is 9.14. The first-order chi connectivity index (χ1) is 5.61. The molecule has 0 aliphatic rings. The van der Waals surface area contributed by atoms with E-state index < -0.39 is 0 Å². The van der Waals surface area contributed by atoms with E-state index in [0.717, 1.165) is 6.42 Å². The van der Waals surface area contributed by atoms with Gasteiger partial charge in [-0.3, -0.25) is 0 Å². The lowest BCUT2D eigenvalue weighted by atomic mass is 10.0. The third-order valence-corrected chi connectivity index (χ3v) is 1.95. The molecule has 0 saturated heterocycles. The Kier molecular flexibility index (Phi) is 3.10. The van der Waals surface area contributed by atoms with E-state index in [2.05, 4.69) is 13.8 Å². The average molecular weight is 187 g/mol. The summed E-state index contributed by atoms with van der Waals surface area (Å²) in [7, 11) is 0. The predicted octanol–water partition coefficient (Wildman–Crippen LogP) is 3.68. The van der Waals surface area contributed by atoms with Crippen LogP contribution in [0.1, 0.15) is 19.4 Å². The van der Waals surface area contributed by atoms with Crippen LogP contribution in [0.25, 0.3) is 0 Å². The molecule has 0 unspecified atom stereocenters. The first kappa shape index (κ1) is 9.53. The van der Waals surface area contributed by atoms with Crippen molar-refractivity contribution in [1.82, 2.24) is 0 Å². The smallest absolute Gasteiger partial charge is 0.144 e. The van der Waals surface area contributed by atoms with Crippen LogP contribution in [0.15, 0.2) is 18.2 Å². The van der Waals surface area contributed by atoms with E-state index in [4.69, 9.17) is 11.6 Å². The summed E-state index contributed by atoms with van der Waals surface area (Å²) in [5, 5.41) is 0.216. The maximum atomic E-state index is 13.2. The van der Waals surface area contributed by atoms with Gasteiger partial charge in [-0.15, -0.1) is 0 Å². The van der Waals surface area contributed by atoms with Crippen molar-refractivity contribution < 1.29 is 4.39 Å². The number of rotatable bonds is 2. The first-order valence-electron chi connectivity index (χ1n) is 4.04. The maximum Gasteiger partial charge on any atom is 0.144 e. The summed E-state index contributed by atoms with van der Waals surface area (Å²) in [6.45, 7) is 4.11. The molecule has 0 spiro atoms. The quantitative estimate of drug-likeness (QED) is 0.661. The highest BCUT2D eigenvalue weighted by Gasteiger charge is 2.06. The van der Waals surface area contributed by atoms with Crippen LogP contribution in [0.4, 0.5) is 4.39 Å². The SMILES string of the molecule is CC(C)Cc1cccc(Cl)c1F. The molecule has 0 atom stereocenters. The van der Waals surface area contributed by atoms with Crippen LogP contribution in [-0.2, 0) is 6.42 Å². The molecule has 0 saturated carbocycles. The number of hydrogen-bond donors (Lipinski definition) is 0. The standard InChI is InChI=1S/C10H12ClF/c1-7(2)6-8-4-3-5-9(11)10(8)12/h3-5,7H,6H2,1-2H3. The van der Waals surface area contributed by atoms with Crippen molar-refractivity contribution in [2.75, 3.05) is 0 Å². The van der Waals surface area contributed by atoms with Crippen molar-refractivity contribution in [1.29, 1.82) is 0 Å². The highest BCUT2D eigenvalue weighted by Crippen LogP contribution is 2.19.